The molecule has 3 rings (SSSR count). The van der Waals surface area contributed by atoms with Gasteiger partial charge in [-0.3, -0.25) is 4.79 Å². The van der Waals surface area contributed by atoms with Gasteiger partial charge in [0, 0.05) is 0 Å². The van der Waals surface area contributed by atoms with Crippen LogP contribution in [0.3, 0.4) is 0 Å². The molecule has 0 spiro atoms. The molecule has 3 heteroatoms. The second-order valence-electron chi connectivity index (χ2n) is 6.68. The molecule has 0 fully saturated rings. The molecule has 24 heavy (non-hydrogen) atoms. The molecule has 2 atom stereocenters. The van der Waals surface area contributed by atoms with Crippen LogP contribution in [0.2, 0.25) is 0 Å². The molecule has 0 saturated heterocycles. The quantitative estimate of drug-likeness (QED) is 0.913. The van der Waals surface area contributed by atoms with Gasteiger partial charge in [0.2, 0.25) is 0 Å². The van der Waals surface area contributed by atoms with Crippen LogP contribution in [0.15, 0.2) is 42.5 Å². The molecule has 126 valence electrons. The van der Waals surface area contributed by atoms with Gasteiger partial charge in [0.15, 0.2) is 6.10 Å². The SMILES string of the molecule is Cc1ccc(O[C@@H](C)C(=O)N[C@@H]2CCCc3ccccc32)c(C)c1. The lowest BCUT2D eigenvalue weighted by molar-refractivity contribution is -0.128. The summed E-state index contributed by atoms with van der Waals surface area (Å²) in [7, 11) is 0. The minimum atomic E-state index is -0.513. The zero-order valence-corrected chi connectivity index (χ0v) is 14.6. The molecule has 0 unspecified atom stereocenters. The third-order valence-corrected chi connectivity index (χ3v) is 4.69. The minimum Gasteiger partial charge on any atom is -0.481 e. The minimum absolute atomic E-state index is 0.0586. The van der Waals surface area contributed by atoms with Crippen LogP contribution in [-0.2, 0) is 11.2 Å². The van der Waals surface area contributed by atoms with Crippen molar-refractivity contribution in [2.24, 2.45) is 0 Å². The molecule has 0 bridgehead atoms. The number of hydrogen-bond acceptors (Lipinski definition) is 2. The molecule has 2 aromatic rings. The summed E-state index contributed by atoms with van der Waals surface area (Å²) in [5.41, 5.74) is 4.83. The van der Waals surface area contributed by atoms with Gasteiger partial charge in [0.25, 0.3) is 5.91 Å². The van der Waals surface area contributed by atoms with E-state index < -0.39 is 6.10 Å². The Hall–Kier alpha value is -2.29. The van der Waals surface area contributed by atoms with Gasteiger partial charge in [-0.2, -0.15) is 0 Å². The Balaban J connectivity index is 1.67. The molecule has 1 aliphatic carbocycles. The molecule has 0 heterocycles. The molecule has 1 N–H and O–H groups in total. The second-order valence-corrected chi connectivity index (χ2v) is 6.68. The number of carbonyl (C=O) groups excluding carboxylic acids is 1. The predicted molar refractivity (Wildman–Crippen MR) is 96.3 cm³/mol. The van der Waals surface area contributed by atoms with Gasteiger partial charge in [0.05, 0.1) is 6.04 Å². The highest BCUT2D eigenvalue weighted by molar-refractivity contribution is 5.81. The highest BCUT2D eigenvalue weighted by Gasteiger charge is 2.24. The number of carbonyl (C=O) groups is 1. The first-order valence-corrected chi connectivity index (χ1v) is 8.66. The molecule has 0 saturated carbocycles. The lowest BCUT2D eigenvalue weighted by Gasteiger charge is -2.27. The fraction of sp³-hybridized carbons (Fsp3) is 0.381. The fourth-order valence-electron chi connectivity index (χ4n) is 3.37. The number of aryl methyl sites for hydroxylation is 3. The van der Waals surface area contributed by atoms with Crippen LogP contribution < -0.4 is 10.1 Å². The van der Waals surface area contributed by atoms with Gasteiger partial charge in [-0.1, -0.05) is 42.0 Å². The normalized spacial score (nSPS) is 17.7. The number of nitrogens with one attached hydrogen (secondary N) is 1. The standard InChI is InChI=1S/C21H25NO2/c1-14-11-12-20(15(2)13-14)24-16(3)21(23)22-19-10-6-8-17-7-4-5-9-18(17)19/h4-5,7,9,11-13,16,19H,6,8,10H2,1-3H3,(H,22,23)/t16-,19+/m0/s1. The first kappa shape index (κ1) is 16.6. The Morgan fingerprint density at radius 1 is 1.21 bits per heavy atom. The van der Waals surface area contributed by atoms with Crippen molar-refractivity contribution in [3.63, 3.8) is 0 Å². The first-order chi connectivity index (χ1) is 11.5. The number of rotatable bonds is 4. The van der Waals surface area contributed by atoms with E-state index in [2.05, 4.69) is 29.6 Å². The van der Waals surface area contributed by atoms with E-state index in [9.17, 15) is 4.79 Å². The summed E-state index contributed by atoms with van der Waals surface area (Å²) >= 11 is 0. The van der Waals surface area contributed by atoms with Gasteiger partial charge in [0.1, 0.15) is 5.75 Å². The summed E-state index contributed by atoms with van der Waals surface area (Å²) in [4.78, 5) is 12.6. The Kier molecular flexibility index (Phi) is 4.89. The predicted octanol–water partition coefficient (Wildman–Crippen LogP) is 4.26. The summed E-state index contributed by atoms with van der Waals surface area (Å²) in [6.45, 7) is 5.86. The van der Waals surface area contributed by atoms with Crippen LogP contribution in [0.4, 0.5) is 0 Å². The number of hydrogen-bond donors (Lipinski definition) is 1. The highest BCUT2D eigenvalue weighted by atomic mass is 16.5. The molecule has 0 aromatic heterocycles. The van der Waals surface area contributed by atoms with Crippen LogP contribution >= 0.6 is 0 Å². The smallest absolute Gasteiger partial charge is 0.261 e. The summed E-state index contributed by atoms with van der Waals surface area (Å²) in [6, 6.07) is 14.5. The highest BCUT2D eigenvalue weighted by Crippen LogP contribution is 2.29. The van der Waals surface area contributed by atoms with Gasteiger partial charge in [-0.25, -0.2) is 0 Å². The van der Waals surface area contributed by atoms with E-state index in [-0.39, 0.29) is 11.9 Å². The van der Waals surface area contributed by atoms with Crippen molar-refractivity contribution < 1.29 is 9.53 Å². The summed E-state index contributed by atoms with van der Waals surface area (Å²) in [5, 5.41) is 3.16. The van der Waals surface area contributed by atoms with Crippen LogP contribution in [0.25, 0.3) is 0 Å². The molecular formula is C21H25NO2. The van der Waals surface area contributed by atoms with Crippen molar-refractivity contribution in [1.29, 1.82) is 0 Å². The lowest BCUT2D eigenvalue weighted by Crippen LogP contribution is -2.39. The molecule has 1 amide bonds. The first-order valence-electron chi connectivity index (χ1n) is 8.66. The average molecular weight is 323 g/mol. The molecule has 0 radical (unpaired) electrons. The van der Waals surface area contributed by atoms with Crippen molar-refractivity contribution >= 4 is 5.91 Å². The van der Waals surface area contributed by atoms with Crippen molar-refractivity contribution in [3.05, 3.63) is 64.7 Å². The number of ether oxygens (including phenoxy) is 1. The van der Waals surface area contributed by atoms with Crippen molar-refractivity contribution in [3.8, 4) is 5.75 Å². The van der Waals surface area contributed by atoms with E-state index in [1.165, 1.54) is 16.7 Å². The van der Waals surface area contributed by atoms with Crippen molar-refractivity contribution in [2.75, 3.05) is 0 Å². The van der Waals surface area contributed by atoms with E-state index in [0.29, 0.717) is 0 Å². The average Bonchev–Trinajstić information content (AvgIpc) is 2.57. The summed E-state index contributed by atoms with van der Waals surface area (Å²) in [5.74, 6) is 0.712. The topological polar surface area (TPSA) is 38.3 Å². The maximum absolute atomic E-state index is 12.6. The maximum Gasteiger partial charge on any atom is 0.261 e. The zero-order valence-electron chi connectivity index (χ0n) is 14.6. The Morgan fingerprint density at radius 2 is 2.00 bits per heavy atom. The molecule has 2 aromatic carbocycles. The third kappa shape index (κ3) is 3.61. The monoisotopic (exact) mass is 323 g/mol. The summed E-state index contributed by atoms with van der Waals surface area (Å²) < 4.78 is 5.88. The van der Waals surface area contributed by atoms with Crippen LogP contribution in [0.1, 0.15) is 48.1 Å². The maximum atomic E-state index is 12.6. The van der Waals surface area contributed by atoms with E-state index in [1.54, 1.807) is 0 Å². The summed E-state index contributed by atoms with van der Waals surface area (Å²) in [6.07, 6.45) is 2.67. The van der Waals surface area contributed by atoms with E-state index in [0.717, 1.165) is 30.6 Å². The van der Waals surface area contributed by atoms with Crippen molar-refractivity contribution in [1.82, 2.24) is 5.32 Å². The largest absolute Gasteiger partial charge is 0.481 e. The van der Waals surface area contributed by atoms with Crippen molar-refractivity contribution in [2.45, 2.75) is 52.2 Å². The number of amides is 1. The zero-order chi connectivity index (χ0) is 17.1. The Morgan fingerprint density at radius 3 is 2.79 bits per heavy atom. The van der Waals surface area contributed by atoms with E-state index >= 15 is 0 Å². The lowest BCUT2D eigenvalue weighted by atomic mass is 9.87. The fourth-order valence-corrected chi connectivity index (χ4v) is 3.37. The van der Waals surface area contributed by atoms with Crippen LogP contribution in [0.5, 0.6) is 5.75 Å². The second kappa shape index (κ2) is 7.08. The molecule has 3 nitrogen and oxygen atoms in total. The number of benzene rings is 2. The van der Waals surface area contributed by atoms with Gasteiger partial charge >= 0.3 is 0 Å². The van der Waals surface area contributed by atoms with E-state index in [1.807, 2.05) is 39.0 Å². The van der Waals surface area contributed by atoms with Gasteiger partial charge in [-0.15, -0.1) is 0 Å². The Labute approximate surface area is 144 Å². The molecule has 1 aliphatic rings. The third-order valence-electron chi connectivity index (χ3n) is 4.69. The van der Waals surface area contributed by atoms with Crippen LogP contribution in [-0.4, -0.2) is 12.0 Å². The Bertz CT molecular complexity index is 738. The van der Waals surface area contributed by atoms with Gasteiger partial charge in [-0.05, 0) is 62.8 Å². The molecular weight excluding hydrogens is 298 g/mol. The van der Waals surface area contributed by atoms with E-state index in [4.69, 9.17) is 4.74 Å². The van der Waals surface area contributed by atoms with Crippen LogP contribution in [0, 0.1) is 13.8 Å². The van der Waals surface area contributed by atoms with Gasteiger partial charge < -0.3 is 10.1 Å². The molecule has 0 aliphatic heterocycles. The number of fused-ring (bicyclic) bond motifs is 1.